The molecule has 2 amide bonds. The lowest BCUT2D eigenvalue weighted by Crippen LogP contribution is -2.46. The van der Waals surface area contributed by atoms with Crippen molar-refractivity contribution < 1.29 is 9.59 Å². The van der Waals surface area contributed by atoms with E-state index in [9.17, 15) is 9.59 Å². The van der Waals surface area contributed by atoms with Gasteiger partial charge in [0.2, 0.25) is 11.8 Å². The van der Waals surface area contributed by atoms with Crippen LogP contribution in [0.4, 0.5) is 0 Å². The third kappa shape index (κ3) is 3.82. The summed E-state index contributed by atoms with van der Waals surface area (Å²) in [5.74, 6) is -0.203. The maximum absolute atomic E-state index is 12.6. The molecule has 1 aromatic rings. The predicted molar refractivity (Wildman–Crippen MR) is 81.8 cm³/mol. The molecule has 0 fully saturated rings. The molecular formula is C16H23N3O2. The first kappa shape index (κ1) is 15.5. The smallest absolute Gasteiger partial charge is 0.244 e. The van der Waals surface area contributed by atoms with Crippen molar-refractivity contribution >= 4 is 11.8 Å². The molecule has 21 heavy (non-hydrogen) atoms. The van der Waals surface area contributed by atoms with Gasteiger partial charge in [-0.2, -0.15) is 0 Å². The summed E-state index contributed by atoms with van der Waals surface area (Å²) in [5, 5.41) is 6.04. The number of hydrogen-bond acceptors (Lipinski definition) is 3. The number of benzene rings is 1. The van der Waals surface area contributed by atoms with Gasteiger partial charge in [-0.3, -0.25) is 9.59 Å². The van der Waals surface area contributed by atoms with E-state index in [2.05, 4.69) is 16.7 Å². The summed E-state index contributed by atoms with van der Waals surface area (Å²) in [4.78, 5) is 25.8. The monoisotopic (exact) mass is 289 g/mol. The first-order valence-corrected chi connectivity index (χ1v) is 7.34. The number of carbonyl (C=O) groups excluding carboxylic acids is 2. The van der Waals surface area contributed by atoms with Gasteiger partial charge < -0.3 is 15.5 Å². The van der Waals surface area contributed by atoms with E-state index in [1.54, 1.807) is 7.05 Å². The average Bonchev–Trinajstić information content (AvgIpc) is 2.44. The van der Waals surface area contributed by atoms with E-state index in [1.807, 2.05) is 32.0 Å². The zero-order chi connectivity index (χ0) is 15.4. The SMILES string of the molecule is CC(C)NC(=O)CN(C)C(=O)C1NCCc2ccccc21. The lowest BCUT2D eigenvalue weighted by atomic mass is 9.93. The standard InChI is InChI=1S/C16H23N3O2/c1-11(2)18-14(20)10-19(3)16(21)15-13-7-5-4-6-12(13)8-9-17-15/h4-7,11,15,17H,8-10H2,1-3H3,(H,18,20). The maximum Gasteiger partial charge on any atom is 0.244 e. The van der Waals surface area contributed by atoms with E-state index in [0.717, 1.165) is 18.5 Å². The number of nitrogens with zero attached hydrogens (tertiary/aromatic N) is 1. The third-order valence-corrected chi connectivity index (χ3v) is 3.56. The van der Waals surface area contributed by atoms with Crippen LogP contribution in [-0.2, 0) is 16.0 Å². The largest absolute Gasteiger partial charge is 0.352 e. The van der Waals surface area contributed by atoms with Gasteiger partial charge in [-0.1, -0.05) is 24.3 Å². The van der Waals surface area contributed by atoms with Crippen molar-refractivity contribution in [1.82, 2.24) is 15.5 Å². The molecule has 1 aromatic carbocycles. The Morgan fingerprint density at radius 3 is 2.81 bits per heavy atom. The van der Waals surface area contributed by atoms with Crippen molar-refractivity contribution in [2.24, 2.45) is 0 Å². The number of amides is 2. The van der Waals surface area contributed by atoms with Crippen molar-refractivity contribution in [1.29, 1.82) is 0 Å². The van der Waals surface area contributed by atoms with Crippen LogP contribution < -0.4 is 10.6 Å². The molecule has 2 rings (SSSR count). The van der Waals surface area contributed by atoms with Crippen molar-refractivity contribution in [3.63, 3.8) is 0 Å². The minimum atomic E-state index is -0.355. The van der Waals surface area contributed by atoms with Crippen LogP contribution in [0.2, 0.25) is 0 Å². The summed E-state index contributed by atoms with van der Waals surface area (Å²) in [6.07, 6.45) is 0.928. The number of fused-ring (bicyclic) bond motifs is 1. The summed E-state index contributed by atoms with van der Waals surface area (Å²) in [6, 6.07) is 7.69. The molecule has 114 valence electrons. The highest BCUT2D eigenvalue weighted by molar-refractivity contribution is 5.88. The molecule has 1 aliphatic heterocycles. The fraction of sp³-hybridized carbons (Fsp3) is 0.500. The second kappa shape index (κ2) is 6.72. The Hall–Kier alpha value is -1.88. The molecular weight excluding hydrogens is 266 g/mol. The lowest BCUT2D eigenvalue weighted by molar-refractivity contribution is -0.136. The summed E-state index contributed by atoms with van der Waals surface area (Å²) >= 11 is 0. The van der Waals surface area contributed by atoms with Crippen LogP contribution in [0.25, 0.3) is 0 Å². The van der Waals surface area contributed by atoms with Crippen LogP contribution >= 0.6 is 0 Å². The van der Waals surface area contributed by atoms with Crippen LogP contribution in [0.3, 0.4) is 0 Å². The minimum Gasteiger partial charge on any atom is -0.352 e. The van der Waals surface area contributed by atoms with E-state index in [4.69, 9.17) is 0 Å². The Balaban J connectivity index is 2.05. The van der Waals surface area contributed by atoms with Crippen LogP contribution in [0.5, 0.6) is 0 Å². The molecule has 1 atom stereocenters. The molecule has 0 saturated carbocycles. The van der Waals surface area contributed by atoms with E-state index < -0.39 is 0 Å². The van der Waals surface area contributed by atoms with E-state index in [-0.39, 0.29) is 30.4 Å². The molecule has 5 nitrogen and oxygen atoms in total. The van der Waals surface area contributed by atoms with Crippen LogP contribution in [-0.4, -0.2) is 42.9 Å². The Morgan fingerprint density at radius 2 is 2.10 bits per heavy atom. The molecule has 0 aromatic heterocycles. The van der Waals surface area contributed by atoms with Crippen molar-refractivity contribution in [2.75, 3.05) is 20.1 Å². The topological polar surface area (TPSA) is 61.4 Å². The van der Waals surface area contributed by atoms with Gasteiger partial charge in [0.05, 0.1) is 6.54 Å². The highest BCUT2D eigenvalue weighted by Gasteiger charge is 2.28. The van der Waals surface area contributed by atoms with Gasteiger partial charge in [-0.05, 0) is 31.4 Å². The molecule has 0 spiro atoms. The van der Waals surface area contributed by atoms with Gasteiger partial charge in [0, 0.05) is 19.6 Å². The molecule has 0 radical (unpaired) electrons. The minimum absolute atomic E-state index is 0.0685. The van der Waals surface area contributed by atoms with Crippen molar-refractivity contribution in [3.8, 4) is 0 Å². The van der Waals surface area contributed by atoms with E-state index >= 15 is 0 Å². The Bertz CT molecular complexity index is 528. The Morgan fingerprint density at radius 1 is 1.38 bits per heavy atom. The normalized spacial score (nSPS) is 17.2. The summed E-state index contributed by atoms with van der Waals surface area (Å²) in [6.45, 7) is 4.66. The van der Waals surface area contributed by atoms with E-state index in [1.165, 1.54) is 10.5 Å². The average molecular weight is 289 g/mol. The molecule has 1 aliphatic rings. The van der Waals surface area contributed by atoms with Crippen molar-refractivity contribution in [3.05, 3.63) is 35.4 Å². The van der Waals surface area contributed by atoms with Crippen LogP contribution in [0.1, 0.15) is 31.0 Å². The molecule has 2 N–H and O–H groups in total. The molecule has 0 saturated heterocycles. The fourth-order valence-electron chi connectivity index (χ4n) is 2.61. The Kier molecular flexibility index (Phi) is 4.96. The van der Waals surface area contributed by atoms with Gasteiger partial charge in [-0.25, -0.2) is 0 Å². The number of hydrogen-bond donors (Lipinski definition) is 2. The zero-order valence-corrected chi connectivity index (χ0v) is 12.8. The van der Waals surface area contributed by atoms with Crippen molar-refractivity contribution in [2.45, 2.75) is 32.4 Å². The molecule has 0 bridgehead atoms. The first-order valence-electron chi connectivity index (χ1n) is 7.34. The summed E-state index contributed by atoms with van der Waals surface area (Å²) in [7, 11) is 1.67. The molecule has 5 heteroatoms. The second-order valence-corrected chi connectivity index (χ2v) is 5.75. The second-order valence-electron chi connectivity index (χ2n) is 5.75. The summed E-state index contributed by atoms with van der Waals surface area (Å²) < 4.78 is 0. The van der Waals surface area contributed by atoms with Gasteiger partial charge in [0.25, 0.3) is 0 Å². The van der Waals surface area contributed by atoms with E-state index in [0.29, 0.717) is 0 Å². The van der Waals surface area contributed by atoms with Gasteiger partial charge in [-0.15, -0.1) is 0 Å². The van der Waals surface area contributed by atoms with Gasteiger partial charge in [0.15, 0.2) is 0 Å². The first-order chi connectivity index (χ1) is 9.99. The highest BCUT2D eigenvalue weighted by atomic mass is 16.2. The number of rotatable bonds is 4. The number of carbonyl (C=O) groups is 2. The lowest BCUT2D eigenvalue weighted by Gasteiger charge is -2.29. The summed E-state index contributed by atoms with van der Waals surface area (Å²) in [5.41, 5.74) is 2.22. The van der Waals surface area contributed by atoms with Gasteiger partial charge >= 0.3 is 0 Å². The van der Waals surface area contributed by atoms with Crippen LogP contribution in [0.15, 0.2) is 24.3 Å². The van der Waals surface area contributed by atoms with Gasteiger partial charge in [0.1, 0.15) is 6.04 Å². The third-order valence-electron chi connectivity index (χ3n) is 3.56. The molecule has 1 unspecified atom stereocenters. The zero-order valence-electron chi connectivity index (χ0n) is 12.8. The number of nitrogens with one attached hydrogen (secondary N) is 2. The molecule has 0 aliphatic carbocycles. The predicted octanol–water partition coefficient (Wildman–Crippen LogP) is 0.856. The fourth-order valence-corrected chi connectivity index (χ4v) is 2.61. The maximum atomic E-state index is 12.6. The number of likely N-dealkylation sites (N-methyl/N-ethyl adjacent to an activating group) is 1. The quantitative estimate of drug-likeness (QED) is 0.864. The Labute approximate surface area is 125 Å². The highest BCUT2D eigenvalue weighted by Crippen LogP contribution is 2.23. The molecule has 1 heterocycles. The van der Waals surface area contributed by atoms with Crippen LogP contribution in [0, 0.1) is 0 Å².